The smallest absolute Gasteiger partial charge is 0.253 e. The second-order valence-electron chi connectivity index (χ2n) is 7.03. The summed E-state index contributed by atoms with van der Waals surface area (Å²) in [5, 5.41) is 14.7. The predicted molar refractivity (Wildman–Crippen MR) is 123 cm³/mol. The fourth-order valence-electron chi connectivity index (χ4n) is 3.30. The average Bonchev–Trinajstić information content (AvgIpc) is 3.29. The van der Waals surface area contributed by atoms with E-state index < -0.39 is 16.1 Å². The quantitative estimate of drug-likeness (QED) is 0.495. The Morgan fingerprint density at radius 1 is 1.09 bits per heavy atom. The van der Waals surface area contributed by atoms with Crippen LogP contribution in [-0.4, -0.2) is 40.5 Å². The number of carbonyl (C=O) groups is 1. The number of pyridine rings is 1. The maximum absolute atomic E-state index is 13.0. The molecule has 0 N–H and O–H groups in total. The number of sulfonamides is 1. The molecule has 33 heavy (non-hydrogen) atoms. The fourth-order valence-corrected chi connectivity index (χ4v) is 4.72. The third-order valence-corrected chi connectivity index (χ3v) is 7.35. The van der Waals surface area contributed by atoms with Gasteiger partial charge in [0, 0.05) is 23.0 Å². The molecular formula is C22H15Cl2N5O3S. The van der Waals surface area contributed by atoms with E-state index in [0.29, 0.717) is 22.0 Å². The number of hydrogen-bond acceptors (Lipinski definition) is 6. The van der Waals surface area contributed by atoms with Crippen molar-refractivity contribution in [1.82, 2.24) is 13.8 Å². The minimum Gasteiger partial charge on any atom is -0.253 e. The highest BCUT2D eigenvalue weighted by molar-refractivity contribution is 7.90. The van der Waals surface area contributed by atoms with Gasteiger partial charge in [0.15, 0.2) is 0 Å². The number of hydrazone groups is 1. The van der Waals surface area contributed by atoms with E-state index in [0.717, 1.165) is 10.6 Å². The zero-order chi connectivity index (χ0) is 23.6. The number of rotatable bonds is 4. The van der Waals surface area contributed by atoms with Gasteiger partial charge in [-0.15, -0.1) is 3.82 Å². The normalized spacial score (nSPS) is 15.6. The molecular weight excluding hydrogens is 485 g/mol. The summed E-state index contributed by atoms with van der Waals surface area (Å²) in [4.78, 5) is 17.1. The summed E-state index contributed by atoms with van der Waals surface area (Å²) in [6.45, 7) is 0.0548. The molecule has 1 aliphatic heterocycles. The van der Waals surface area contributed by atoms with Crippen LogP contribution in [0.15, 0.2) is 82.9 Å². The molecule has 2 heterocycles. The summed E-state index contributed by atoms with van der Waals surface area (Å²) in [5.41, 5.74) is 2.15. The molecule has 0 radical (unpaired) electrons. The largest absolute Gasteiger partial charge is 0.369 e. The van der Waals surface area contributed by atoms with Crippen LogP contribution < -0.4 is 0 Å². The second kappa shape index (κ2) is 9.19. The Morgan fingerprint density at radius 2 is 1.79 bits per heavy atom. The lowest BCUT2D eigenvalue weighted by molar-refractivity contribution is 0.198. The van der Waals surface area contributed by atoms with E-state index in [4.69, 9.17) is 28.6 Å². The van der Waals surface area contributed by atoms with Crippen LogP contribution in [-0.2, 0) is 10.0 Å². The highest BCUT2D eigenvalue weighted by Crippen LogP contribution is 2.30. The van der Waals surface area contributed by atoms with Crippen LogP contribution in [0.4, 0.5) is 4.79 Å². The van der Waals surface area contributed by atoms with Gasteiger partial charge in [-0.1, -0.05) is 41.9 Å². The molecule has 8 nitrogen and oxygen atoms in total. The lowest BCUT2D eigenvalue weighted by Crippen LogP contribution is -2.38. The number of aromatic nitrogens is 1. The van der Waals surface area contributed by atoms with Crippen LogP contribution >= 0.6 is 23.4 Å². The molecule has 0 saturated heterocycles. The number of nitriles is 1. The van der Waals surface area contributed by atoms with Crippen molar-refractivity contribution < 1.29 is 13.2 Å². The average molecular weight is 500 g/mol. The van der Waals surface area contributed by atoms with E-state index >= 15 is 0 Å². The molecule has 2 amide bonds. The Bertz CT molecular complexity index is 1360. The number of carbonyl (C=O) groups excluding carboxylic acids is 1. The monoisotopic (exact) mass is 499 g/mol. The number of hydrogen-bond donors (Lipinski definition) is 0. The van der Waals surface area contributed by atoms with Crippen molar-refractivity contribution in [2.45, 2.75) is 10.8 Å². The first-order valence-corrected chi connectivity index (χ1v) is 11.7. The molecule has 11 heteroatoms. The van der Waals surface area contributed by atoms with E-state index in [2.05, 4.69) is 10.1 Å². The second-order valence-corrected chi connectivity index (χ2v) is 9.79. The van der Waals surface area contributed by atoms with E-state index in [9.17, 15) is 13.2 Å². The Balaban J connectivity index is 1.68. The van der Waals surface area contributed by atoms with Gasteiger partial charge in [-0.25, -0.2) is 9.80 Å². The van der Waals surface area contributed by atoms with Crippen molar-refractivity contribution >= 4 is 45.1 Å². The summed E-state index contributed by atoms with van der Waals surface area (Å²) >= 11 is 11.8. The van der Waals surface area contributed by atoms with Crippen molar-refractivity contribution in [3.8, 4) is 6.07 Å². The van der Waals surface area contributed by atoms with Crippen molar-refractivity contribution in [2.24, 2.45) is 5.10 Å². The van der Waals surface area contributed by atoms with E-state index in [-0.39, 0.29) is 21.2 Å². The third-order valence-electron chi connectivity index (χ3n) is 4.96. The Labute approximate surface area is 200 Å². The van der Waals surface area contributed by atoms with Gasteiger partial charge in [0.1, 0.15) is 6.07 Å². The van der Waals surface area contributed by atoms with Crippen molar-refractivity contribution in [2.75, 3.05) is 6.54 Å². The number of urea groups is 1. The van der Waals surface area contributed by atoms with Crippen molar-refractivity contribution in [3.05, 3.63) is 94.8 Å². The third kappa shape index (κ3) is 4.54. The van der Waals surface area contributed by atoms with Gasteiger partial charge in [-0.2, -0.15) is 18.8 Å². The molecule has 0 bridgehead atoms. The molecule has 0 saturated carbocycles. The molecule has 0 spiro atoms. The lowest BCUT2D eigenvalue weighted by Gasteiger charge is -2.20. The van der Waals surface area contributed by atoms with Gasteiger partial charge in [0.05, 0.1) is 34.3 Å². The zero-order valence-electron chi connectivity index (χ0n) is 16.8. The SMILES string of the molecule is N#Cc1ccc(C2=NN(C(=O)N(Cl)S(=O)(=O)c3ccc(Cl)cc3)CC2c2ccccc2)nc1. The molecule has 1 aliphatic rings. The summed E-state index contributed by atoms with van der Waals surface area (Å²) in [5.74, 6) is -0.376. The predicted octanol–water partition coefficient (Wildman–Crippen LogP) is 4.37. The molecule has 0 aliphatic carbocycles. The molecule has 0 fully saturated rings. The van der Waals surface area contributed by atoms with Gasteiger partial charge in [0.25, 0.3) is 10.0 Å². The number of benzene rings is 2. The highest BCUT2D eigenvalue weighted by Gasteiger charge is 2.38. The topological polar surface area (TPSA) is 107 Å². The minimum atomic E-state index is -4.34. The molecule has 2 aromatic carbocycles. The summed E-state index contributed by atoms with van der Waals surface area (Å²) < 4.78 is 25.8. The standard InChI is InChI=1S/C22H15Cl2N5O3S/c23-17-7-9-18(10-8-17)33(31,32)29(24)22(30)28-14-19(16-4-2-1-3-5-16)21(27-28)20-11-6-15(12-25)13-26-20/h1-11,13,19H,14H2. The van der Waals surface area contributed by atoms with Crippen LogP contribution in [0.25, 0.3) is 0 Å². The van der Waals surface area contributed by atoms with Crippen LogP contribution in [0.5, 0.6) is 0 Å². The minimum absolute atomic E-state index is 0.0548. The summed E-state index contributed by atoms with van der Waals surface area (Å²) in [7, 11) is -4.34. The van der Waals surface area contributed by atoms with Gasteiger partial charge in [-0.3, -0.25) is 4.98 Å². The Hall–Kier alpha value is -3.45. The molecule has 1 unspecified atom stereocenters. The molecule has 4 rings (SSSR count). The number of nitrogens with zero attached hydrogens (tertiary/aromatic N) is 5. The summed E-state index contributed by atoms with van der Waals surface area (Å²) in [6, 6.07) is 18.8. The van der Waals surface area contributed by atoms with Gasteiger partial charge >= 0.3 is 6.03 Å². The van der Waals surface area contributed by atoms with E-state index in [1.165, 1.54) is 30.5 Å². The van der Waals surface area contributed by atoms with Gasteiger partial charge in [-0.05, 0) is 42.0 Å². The molecule has 1 atom stereocenters. The zero-order valence-corrected chi connectivity index (χ0v) is 19.2. The highest BCUT2D eigenvalue weighted by atomic mass is 35.5. The Morgan fingerprint density at radius 3 is 2.39 bits per heavy atom. The van der Waals surface area contributed by atoms with Crippen LogP contribution in [0.3, 0.4) is 0 Å². The first kappa shape index (κ1) is 22.7. The van der Waals surface area contributed by atoms with Crippen LogP contribution in [0.2, 0.25) is 5.02 Å². The van der Waals surface area contributed by atoms with E-state index in [1.54, 1.807) is 12.1 Å². The lowest BCUT2D eigenvalue weighted by atomic mass is 9.93. The van der Waals surface area contributed by atoms with Crippen molar-refractivity contribution in [3.63, 3.8) is 0 Å². The first-order valence-electron chi connectivity index (χ1n) is 9.59. The molecule has 3 aromatic rings. The Kier molecular flexibility index (Phi) is 6.33. The fraction of sp³-hybridized carbons (Fsp3) is 0.0909. The maximum atomic E-state index is 13.0. The summed E-state index contributed by atoms with van der Waals surface area (Å²) in [6.07, 6.45) is 1.41. The van der Waals surface area contributed by atoms with Gasteiger partial charge in [0.2, 0.25) is 0 Å². The van der Waals surface area contributed by atoms with E-state index in [1.807, 2.05) is 36.4 Å². The number of amides is 2. The maximum Gasteiger partial charge on any atom is 0.369 e. The van der Waals surface area contributed by atoms with Gasteiger partial charge < -0.3 is 0 Å². The molecule has 166 valence electrons. The van der Waals surface area contributed by atoms with Crippen LogP contribution in [0, 0.1) is 11.3 Å². The van der Waals surface area contributed by atoms with Crippen molar-refractivity contribution in [1.29, 1.82) is 5.26 Å². The number of halogens is 2. The first-order chi connectivity index (χ1) is 15.8. The molecule has 1 aromatic heterocycles. The van der Waals surface area contributed by atoms with Crippen LogP contribution in [0.1, 0.15) is 22.7 Å².